The summed E-state index contributed by atoms with van der Waals surface area (Å²) in [6.45, 7) is 1.92. The fourth-order valence-electron chi connectivity index (χ4n) is 4.55. The van der Waals surface area contributed by atoms with Gasteiger partial charge in [-0.2, -0.15) is 0 Å². The molecule has 30 heavy (non-hydrogen) atoms. The van der Waals surface area contributed by atoms with Crippen LogP contribution in [0.5, 0.6) is 0 Å². The van der Waals surface area contributed by atoms with E-state index in [1.807, 2.05) is 31.2 Å². The van der Waals surface area contributed by atoms with Crippen molar-refractivity contribution in [1.82, 2.24) is 20.6 Å². The van der Waals surface area contributed by atoms with E-state index in [9.17, 15) is 9.59 Å². The van der Waals surface area contributed by atoms with Gasteiger partial charge in [-0.1, -0.05) is 12.1 Å². The Labute approximate surface area is 173 Å². The number of H-pyrrole nitrogens is 1. The SMILES string of the molecule is C[C@@H](N)CC1(c2nnn[nH]2)c2ccc(C(N)=O)cc2CCc2cc(C(N)=O)ccc21. The van der Waals surface area contributed by atoms with Crippen molar-refractivity contribution in [1.29, 1.82) is 0 Å². The maximum atomic E-state index is 11.8. The molecule has 0 aliphatic heterocycles. The second-order valence-electron chi connectivity index (χ2n) is 7.81. The predicted octanol–water partition coefficient (Wildman–Crippen LogP) is 0.568. The molecule has 0 saturated carbocycles. The fraction of sp³-hybridized carbons (Fsp3) is 0.286. The maximum absolute atomic E-state index is 11.8. The third kappa shape index (κ3) is 3.13. The molecule has 9 nitrogen and oxygen atoms in total. The lowest BCUT2D eigenvalue weighted by Gasteiger charge is -2.35. The van der Waals surface area contributed by atoms with Gasteiger partial charge in [0.15, 0.2) is 5.82 Å². The lowest BCUT2D eigenvalue weighted by atomic mass is 9.68. The van der Waals surface area contributed by atoms with E-state index >= 15 is 0 Å². The van der Waals surface area contributed by atoms with E-state index in [4.69, 9.17) is 17.2 Å². The average molecular weight is 405 g/mol. The van der Waals surface area contributed by atoms with Crippen LogP contribution in [0.3, 0.4) is 0 Å². The Morgan fingerprint density at radius 1 is 1.03 bits per heavy atom. The van der Waals surface area contributed by atoms with Crippen LogP contribution in [-0.2, 0) is 18.3 Å². The number of aryl methyl sites for hydroxylation is 2. The molecule has 2 amide bonds. The van der Waals surface area contributed by atoms with E-state index in [-0.39, 0.29) is 6.04 Å². The second kappa shape index (κ2) is 7.34. The summed E-state index contributed by atoms with van der Waals surface area (Å²) in [5.41, 5.74) is 21.2. The molecule has 0 fully saturated rings. The highest BCUT2D eigenvalue weighted by atomic mass is 16.1. The zero-order chi connectivity index (χ0) is 21.5. The molecule has 1 atom stereocenters. The van der Waals surface area contributed by atoms with E-state index in [0.29, 0.717) is 36.2 Å². The number of hydrogen-bond acceptors (Lipinski definition) is 6. The van der Waals surface area contributed by atoms with Gasteiger partial charge in [-0.15, -0.1) is 5.10 Å². The smallest absolute Gasteiger partial charge is 0.248 e. The molecule has 0 radical (unpaired) electrons. The zero-order valence-corrected chi connectivity index (χ0v) is 16.6. The lowest BCUT2D eigenvalue weighted by molar-refractivity contribution is 0.0991. The Hall–Kier alpha value is -3.59. The minimum absolute atomic E-state index is 0.194. The third-order valence-electron chi connectivity index (χ3n) is 5.74. The summed E-state index contributed by atoms with van der Waals surface area (Å²) in [7, 11) is 0. The van der Waals surface area contributed by atoms with Crippen molar-refractivity contribution >= 4 is 11.8 Å². The van der Waals surface area contributed by atoms with Crippen molar-refractivity contribution in [2.24, 2.45) is 17.2 Å². The number of aromatic nitrogens is 4. The van der Waals surface area contributed by atoms with Gasteiger partial charge < -0.3 is 17.2 Å². The highest BCUT2D eigenvalue weighted by Crippen LogP contribution is 2.46. The summed E-state index contributed by atoms with van der Waals surface area (Å²) in [6.07, 6.45) is 1.80. The van der Waals surface area contributed by atoms with Gasteiger partial charge >= 0.3 is 0 Å². The van der Waals surface area contributed by atoms with Crippen molar-refractivity contribution in [3.8, 4) is 0 Å². The number of rotatable bonds is 5. The highest BCUT2D eigenvalue weighted by molar-refractivity contribution is 5.94. The van der Waals surface area contributed by atoms with Crippen LogP contribution >= 0.6 is 0 Å². The highest BCUT2D eigenvalue weighted by Gasteiger charge is 2.44. The number of nitrogens with one attached hydrogen (secondary N) is 1. The van der Waals surface area contributed by atoms with E-state index in [1.54, 1.807) is 12.1 Å². The van der Waals surface area contributed by atoms with Crippen LogP contribution in [0.15, 0.2) is 36.4 Å². The number of hydrogen-bond donors (Lipinski definition) is 4. The summed E-state index contributed by atoms with van der Waals surface area (Å²) < 4.78 is 0. The molecular formula is C21H23N7O2. The van der Waals surface area contributed by atoms with Gasteiger partial charge in [-0.3, -0.25) is 9.59 Å². The van der Waals surface area contributed by atoms with Crippen LogP contribution in [0, 0.1) is 0 Å². The number of nitrogens with zero attached hydrogens (tertiary/aromatic N) is 3. The minimum Gasteiger partial charge on any atom is -0.366 e. The Balaban J connectivity index is 2.07. The molecule has 3 aromatic rings. The second-order valence-corrected chi connectivity index (χ2v) is 7.81. The first-order chi connectivity index (χ1) is 14.3. The monoisotopic (exact) mass is 405 g/mol. The van der Waals surface area contributed by atoms with Gasteiger partial charge in [-0.25, -0.2) is 5.10 Å². The van der Waals surface area contributed by atoms with Crippen LogP contribution in [0.25, 0.3) is 0 Å². The number of fused-ring (bicyclic) bond motifs is 2. The molecular weight excluding hydrogens is 382 g/mol. The normalized spacial score (nSPS) is 15.5. The molecule has 0 saturated heterocycles. The third-order valence-corrected chi connectivity index (χ3v) is 5.74. The van der Waals surface area contributed by atoms with Crippen LogP contribution in [-0.4, -0.2) is 38.5 Å². The molecule has 0 bridgehead atoms. The van der Waals surface area contributed by atoms with Crippen molar-refractivity contribution in [3.05, 3.63) is 75.6 Å². The summed E-state index contributed by atoms with van der Waals surface area (Å²) in [4.78, 5) is 23.6. The van der Waals surface area contributed by atoms with E-state index < -0.39 is 17.2 Å². The van der Waals surface area contributed by atoms with Crippen LogP contribution in [0.4, 0.5) is 0 Å². The quantitative estimate of drug-likeness (QED) is 0.484. The van der Waals surface area contributed by atoms with Crippen molar-refractivity contribution in [3.63, 3.8) is 0 Å². The summed E-state index contributed by atoms with van der Waals surface area (Å²) >= 11 is 0. The van der Waals surface area contributed by atoms with Gasteiger partial charge in [0.25, 0.3) is 0 Å². The van der Waals surface area contributed by atoms with Gasteiger partial charge in [-0.05, 0) is 83.1 Å². The van der Waals surface area contributed by atoms with Gasteiger partial charge in [0, 0.05) is 17.2 Å². The Morgan fingerprint density at radius 3 is 1.97 bits per heavy atom. The Morgan fingerprint density at radius 2 is 1.57 bits per heavy atom. The molecule has 1 aromatic heterocycles. The maximum Gasteiger partial charge on any atom is 0.248 e. The average Bonchev–Trinajstić information content (AvgIpc) is 3.21. The molecule has 1 heterocycles. The molecule has 0 unspecified atom stereocenters. The summed E-state index contributed by atoms with van der Waals surface area (Å²) in [5, 5.41) is 14.8. The van der Waals surface area contributed by atoms with Crippen LogP contribution < -0.4 is 17.2 Å². The fourth-order valence-corrected chi connectivity index (χ4v) is 4.55. The first kappa shape index (κ1) is 19.7. The van der Waals surface area contributed by atoms with Crippen LogP contribution in [0.1, 0.15) is 62.1 Å². The number of primary amides is 2. The number of aromatic amines is 1. The topological polar surface area (TPSA) is 167 Å². The van der Waals surface area contributed by atoms with E-state index in [0.717, 1.165) is 22.3 Å². The molecule has 154 valence electrons. The number of nitrogens with two attached hydrogens (primary N) is 3. The number of tetrazole rings is 1. The number of carbonyl (C=O) groups is 2. The number of carbonyl (C=O) groups excluding carboxylic acids is 2. The minimum atomic E-state index is -0.787. The standard InChI is InChI=1S/C21H23N7O2/c1-11(22)10-21(20-25-27-28-26-20)16-6-4-14(18(23)29)8-12(16)2-3-13-9-15(19(24)30)5-7-17(13)21/h4-9,11H,2-3,10,22H2,1H3,(H2,23,29)(H2,24,30)(H,25,26,27,28)/t11-/m1/s1. The molecule has 4 rings (SSSR count). The molecule has 1 aliphatic carbocycles. The van der Waals surface area contributed by atoms with Crippen LogP contribution in [0.2, 0.25) is 0 Å². The van der Waals surface area contributed by atoms with E-state index in [2.05, 4.69) is 20.6 Å². The van der Waals surface area contributed by atoms with Crippen molar-refractivity contribution in [2.45, 2.75) is 37.6 Å². The predicted molar refractivity (Wildman–Crippen MR) is 110 cm³/mol. The Kier molecular flexibility index (Phi) is 4.83. The van der Waals surface area contributed by atoms with Crippen molar-refractivity contribution in [2.75, 3.05) is 0 Å². The van der Waals surface area contributed by atoms with Gasteiger partial charge in [0.05, 0.1) is 5.41 Å². The molecule has 7 N–H and O–H groups in total. The number of benzene rings is 2. The largest absolute Gasteiger partial charge is 0.366 e. The first-order valence-corrected chi connectivity index (χ1v) is 9.69. The Bertz CT molecular complexity index is 1060. The first-order valence-electron chi connectivity index (χ1n) is 9.69. The van der Waals surface area contributed by atoms with E-state index in [1.165, 1.54) is 0 Å². The molecule has 1 aliphatic rings. The number of amides is 2. The summed E-state index contributed by atoms with van der Waals surface area (Å²) in [5.74, 6) is -0.438. The lowest BCUT2D eigenvalue weighted by Crippen LogP contribution is -2.38. The molecule has 9 heteroatoms. The zero-order valence-electron chi connectivity index (χ0n) is 16.6. The van der Waals surface area contributed by atoms with Gasteiger partial charge in [0.2, 0.25) is 11.8 Å². The molecule has 2 aromatic carbocycles. The van der Waals surface area contributed by atoms with Crippen molar-refractivity contribution < 1.29 is 9.59 Å². The molecule has 0 spiro atoms. The van der Waals surface area contributed by atoms with Gasteiger partial charge in [0.1, 0.15) is 0 Å². The summed E-state index contributed by atoms with van der Waals surface area (Å²) in [6, 6.07) is 10.7.